The highest BCUT2D eigenvalue weighted by Gasteiger charge is 2.14. The predicted octanol–water partition coefficient (Wildman–Crippen LogP) is 2.94. The average molecular weight is 300 g/mol. The molecule has 1 N–H and O–H groups in total. The van der Waals surface area contributed by atoms with Crippen LogP contribution in [0.4, 0.5) is 0 Å². The van der Waals surface area contributed by atoms with E-state index in [4.69, 9.17) is 0 Å². The molecule has 0 aliphatic carbocycles. The van der Waals surface area contributed by atoms with Crippen LogP contribution in [0.3, 0.4) is 0 Å². The van der Waals surface area contributed by atoms with Gasteiger partial charge in [0.2, 0.25) is 0 Å². The van der Waals surface area contributed by atoms with Crippen molar-refractivity contribution < 1.29 is 0 Å². The molecule has 0 radical (unpaired) electrons. The lowest BCUT2D eigenvalue weighted by atomic mass is 10.2. The fraction of sp³-hybridized carbons (Fsp3) is 0.364. The van der Waals surface area contributed by atoms with E-state index in [1.54, 1.807) is 11.3 Å². The monoisotopic (exact) mass is 299 g/mol. The lowest BCUT2D eigenvalue weighted by Gasteiger charge is -1.99. The highest BCUT2D eigenvalue weighted by atomic mass is 79.9. The Balaban J connectivity index is 2.48. The van der Waals surface area contributed by atoms with Crippen LogP contribution in [0.5, 0.6) is 0 Å². The van der Waals surface area contributed by atoms with Crippen LogP contribution in [0.1, 0.15) is 11.3 Å². The van der Waals surface area contributed by atoms with Gasteiger partial charge in [0.1, 0.15) is 0 Å². The fourth-order valence-electron chi connectivity index (χ4n) is 1.81. The molecule has 0 aliphatic rings. The lowest BCUT2D eigenvalue weighted by Crippen LogP contribution is -2.06. The molecule has 16 heavy (non-hydrogen) atoms. The van der Waals surface area contributed by atoms with E-state index in [-0.39, 0.29) is 0 Å². The molecule has 5 heteroatoms. The van der Waals surface area contributed by atoms with E-state index in [0.29, 0.717) is 0 Å². The van der Waals surface area contributed by atoms with Crippen molar-refractivity contribution in [3.63, 3.8) is 0 Å². The van der Waals surface area contributed by atoms with E-state index in [2.05, 4.69) is 45.4 Å². The van der Waals surface area contributed by atoms with Crippen molar-refractivity contribution in [3.05, 3.63) is 27.2 Å². The van der Waals surface area contributed by atoms with E-state index >= 15 is 0 Å². The SMILES string of the molecule is CNCc1nn(C)c(-c2ccc(Br)s2)c1C. The molecule has 2 heterocycles. The summed E-state index contributed by atoms with van der Waals surface area (Å²) in [7, 11) is 3.94. The molecule has 2 aromatic rings. The van der Waals surface area contributed by atoms with Crippen LogP contribution in [-0.2, 0) is 13.6 Å². The van der Waals surface area contributed by atoms with Gasteiger partial charge in [-0.15, -0.1) is 11.3 Å². The zero-order valence-corrected chi connectivity index (χ0v) is 11.9. The maximum absolute atomic E-state index is 4.53. The van der Waals surface area contributed by atoms with Crippen molar-refractivity contribution >= 4 is 27.3 Å². The van der Waals surface area contributed by atoms with Crippen LogP contribution in [0, 0.1) is 6.92 Å². The van der Waals surface area contributed by atoms with Crippen molar-refractivity contribution in [1.82, 2.24) is 15.1 Å². The Hall–Kier alpha value is -0.650. The smallest absolute Gasteiger partial charge is 0.0811 e. The second kappa shape index (κ2) is 4.69. The fourth-order valence-corrected chi connectivity index (χ4v) is 3.33. The van der Waals surface area contributed by atoms with Crippen molar-refractivity contribution in [3.8, 4) is 10.6 Å². The molecular formula is C11H14BrN3S. The minimum Gasteiger partial charge on any atom is -0.314 e. The molecule has 0 fully saturated rings. The normalized spacial score (nSPS) is 11.0. The number of nitrogens with zero attached hydrogens (tertiary/aromatic N) is 2. The molecule has 0 aliphatic heterocycles. The van der Waals surface area contributed by atoms with Crippen LogP contribution in [-0.4, -0.2) is 16.8 Å². The van der Waals surface area contributed by atoms with Gasteiger partial charge in [-0.1, -0.05) is 0 Å². The third kappa shape index (κ3) is 2.07. The van der Waals surface area contributed by atoms with Crippen molar-refractivity contribution in [2.24, 2.45) is 7.05 Å². The van der Waals surface area contributed by atoms with Gasteiger partial charge in [0.05, 0.1) is 20.1 Å². The van der Waals surface area contributed by atoms with Gasteiger partial charge in [-0.3, -0.25) is 4.68 Å². The summed E-state index contributed by atoms with van der Waals surface area (Å²) in [6, 6.07) is 4.20. The molecule has 0 aromatic carbocycles. The zero-order chi connectivity index (χ0) is 11.7. The first-order valence-electron chi connectivity index (χ1n) is 5.06. The molecule has 0 spiro atoms. The summed E-state index contributed by atoms with van der Waals surface area (Å²) >= 11 is 5.23. The van der Waals surface area contributed by atoms with Gasteiger partial charge in [0, 0.05) is 19.2 Å². The van der Waals surface area contributed by atoms with Crippen LogP contribution in [0.25, 0.3) is 10.6 Å². The molecule has 2 rings (SSSR count). The van der Waals surface area contributed by atoms with E-state index in [1.807, 2.05) is 18.8 Å². The van der Waals surface area contributed by atoms with E-state index in [1.165, 1.54) is 16.1 Å². The summed E-state index contributed by atoms with van der Waals surface area (Å²) in [5.41, 5.74) is 3.58. The Labute approximate surface area is 108 Å². The van der Waals surface area contributed by atoms with Crippen LogP contribution < -0.4 is 5.32 Å². The quantitative estimate of drug-likeness (QED) is 0.944. The Morgan fingerprint density at radius 1 is 1.50 bits per heavy atom. The topological polar surface area (TPSA) is 29.9 Å². The van der Waals surface area contributed by atoms with Crippen molar-refractivity contribution in [2.45, 2.75) is 13.5 Å². The molecule has 0 saturated carbocycles. The summed E-state index contributed by atoms with van der Waals surface area (Å²) in [5, 5.41) is 7.67. The molecule has 0 saturated heterocycles. The minimum absolute atomic E-state index is 0.812. The van der Waals surface area contributed by atoms with Gasteiger partial charge in [0.15, 0.2) is 0 Å². The maximum Gasteiger partial charge on any atom is 0.0811 e. The maximum atomic E-state index is 4.53. The molecular weight excluding hydrogens is 286 g/mol. The largest absolute Gasteiger partial charge is 0.314 e. The third-order valence-electron chi connectivity index (χ3n) is 2.53. The predicted molar refractivity (Wildman–Crippen MR) is 71.7 cm³/mol. The Morgan fingerprint density at radius 3 is 2.81 bits per heavy atom. The molecule has 0 atom stereocenters. The number of aromatic nitrogens is 2. The van der Waals surface area contributed by atoms with E-state index in [0.717, 1.165) is 16.0 Å². The number of halogens is 1. The molecule has 2 aromatic heterocycles. The number of thiophene rings is 1. The third-order valence-corrected chi connectivity index (χ3v) is 4.16. The van der Waals surface area contributed by atoms with E-state index < -0.39 is 0 Å². The standard InChI is InChI=1S/C11H14BrN3S/c1-7-8(6-13-2)14-15(3)11(7)9-4-5-10(12)16-9/h4-5,13H,6H2,1-3H3. The lowest BCUT2D eigenvalue weighted by molar-refractivity contribution is 0.715. The van der Waals surface area contributed by atoms with Gasteiger partial charge in [-0.2, -0.15) is 5.10 Å². The first-order valence-corrected chi connectivity index (χ1v) is 6.67. The average Bonchev–Trinajstić information content (AvgIpc) is 2.74. The van der Waals surface area contributed by atoms with Crippen LogP contribution >= 0.6 is 27.3 Å². The first-order chi connectivity index (χ1) is 7.63. The van der Waals surface area contributed by atoms with Gasteiger partial charge in [0.25, 0.3) is 0 Å². The van der Waals surface area contributed by atoms with Crippen LogP contribution in [0.15, 0.2) is 15.9 Å². The highest BCUT2D eigenvalue weighted by molar-refractivity contribution is 9.11. The molecule has 0 bridgehead atoms. The molecule has 0 unspecified atom stereocenters. The summed E-state index contributed by atoms with van der Waals surface area (Å²) in [4.78, 5) is 1.25. The number of aryl methyl sites for hydroxylation is 1. The summed E-state index contributed by atoms with van der Waals surface area (Å²) < 4.78 is 3.11. The Kier molecular flexibility index (Phi) is 3.47. The second-order valence-corrected chi connectivity index (χ2v) is 6.14. The number of rotatable bonds is 3. The number of hydrogen-bond donors (Lipinski definition) is 1. The Morgan fingerprint density at radius 2 is 2.25 bits per heavy atom. The number of nitrogens with one attached hydrogen (secondary N) is 1. The van der Waals surface area contributed by atoms with Crippen LogP contribution in [0.2, 0.25) is 0 Å². The summed E-state index contributed by atoms with van der Waals surface area (Å²) in [6.07, 6.45) is 0. The second-order valence-electron chi connectivity index (χ2n) is 3.68. The highest BCUT2D eigenvalue weighted by Crippen LogP contribution is 2.33. The minimum atomic E-state index is 0.812. The van der Waals surface area contributed by atoms with Gasteiger partial charge in [-0.25, -0.2) is 0 Å². The molecule has 0 amide bonds. The first kappa shape index (κ1) is 11.8. The summed E-state index contributed by atoms with van der Waals surface area (Å²) in [5.74, 6) is 0. The van der Waals surface area contributed by atoms with Crippen molar-refractivity contribution in [2.75, 3.05) is 7.05 Å². The Bertz CT molecular complexity index is 501. The van der Waals surface area contributed by atoms with Gasteiger partial charge in [-0.05, 0) is 42.0 Å². The van der Waals surface area contributed by atoms with E-state index in [9.17, 15) is 0 Å². The van der Waals surface area contributed by atoms with Gasteiger partial charge >= 0.3 is 0 Å². The zero-order valence-electron chi connectivity index (χ0n) is 9.54. The molecule has 86 valence electrons. The molecule has 3 nitrogen and oxygen atoms in total. The number of hydrogen-bond acceptors (Lipinski definition) is 3. The summed E-state index contributed by atoms with van der Waals surface area (Å²) in [6.45, 7) is 2.94. The van der Waals surface area contributed by atoms with Gasteiger partial charge < -0.3 is 5.32 Å². The van der Waals surface area contributed by atoms with Crippen molar-refractivity contribution in [1.29, 1.82) is 0 Å².